The molecule has 0 unspecified atom stereocenters. The molecule has 25 heavy (non-hydrogen) atoms. The average molecular weight is 344 g/mol. The average Bonchev–Trinajstić information content (AvgIpc) is 3.24. The number of H-pyrrole nitrogens is 1. The molecule has 2 aromatic rings. The number of aromatic nitrogens is 4. The highest BCUT2D eigenvalue weighted by atomic mass is 16.5. The van der Waals surface area contributed by atoms with E-state index in [2.05, 4.69) is 26.1 Å². The number of aryl methyl sites for hydroxylation is 1. The van der Waals surface area contributed by atoms with Crippen LogP contribution in [0.15, 0.2) is 18.0 Å². The molecular weight excluding hydrogens is 320 g/mol. The zero-order chi connectivity index (χ0) is 17.8. The van der Waals surface area contributed by atoms with Crippen LogP contribution in [-0.2, 0) is 11.3 Å². The molecule has 0 saturated heterocycles. The third-order valence-corrected chi connectivity index (χ3v) is 4.29. The monoisotopic (exact) mass is 344 g/mol. The molecule has 0 aliphatic heterocycles. The Kier molecular flexibility index (Phi) is 5.06. The molecule has 8 heteroatoms. The van der Waals surface area contributed by atoms with E-state index in [1.165, 1.54) is 25.6 Å². The number of carbonyl (C=O) groups is 1. The van der Waals surface area contributed by atoms with Crippen molar-refractivity contribution in [2.75, 3.05) is 12.8 Å². The van der Waals surface area contributed by atoms with Crippen molar-refractivity contribution in [2.24, 2.45) is 5.73 Å². The van der Waals surface area contributed by atoms with E-state index in [0.717, 1.165) is 30.5 Å². The second kappa shape index (κ2) is 7.42. The van der Waals surface area contributed by atoms with Crippen LogP contribution in [0.3, 0.4) is 0 Å². The van der Waals surface area contributed by atoms with Crippen molar-refractivity contribution in [3.63, 3.8) is 0 Å². The van der Waals surface area contributed by atoms with Gasteiger partial charge in [0.1, 0.15) is 5.82 Å². The summed E-state index contributed by atoms with van der Waals surface area (Å²) < 4.78 is 6.24. The van der Waals surface area contributed by atoms with Crippen molar-refractivity contribution in [2.45, 2.75) is 44.6 Å². The first-order valence-electron chi connectivity index (χ1n) is 8.49. The first-order chi connectivity index (χ1) is 12.1. The summed E-state index contributed by atoms with van der Waals surface area (Å²) in [5.41, 5.74) is 15.3. The summed E-state index contributed by atoms with van der Waals surface area (Å²) in [6, 6.07) is 2.10. The van der Waals surface area contributed by atoms with E-state index in [-0.39, 0.29) is 5.69 Å². The molecule has 134 valence electrons. The van der Waals surface area contributed by atoms with Gasteiger partial charge in [-0.15, -0.1) is 5.10 Å². The summed E-state index contributed by atoms with van der Waals surface area (Å²) in [5, 5.41) is 7.68. The predicted molar refractivity (Wildman–Crippen MR) is 94.6 cm³/mol. The molecule has 1 aliphatic rings. The Balaban J connectivity index is 1.45. The van der Waals surface area contributed by atoms with Crippen molar-refractivity contribution < 1.29 is 9.53 Å². The Morgan fingerprint density at radius 2 is 2.28 bits per heavy atom. The lowest BCUT2D eigenvalue weighted by molar-refractivity contribution is 0.0594. The number of esters is 1. The minimum absolute atomic E-state index is 0.219. The van der Waals surface area contributed by atoms with Crippen molar-refractivity contribution in [1.29, 1.82) is 0 Å². The number of aromatic amines is 1. The van der Waals surface area contributed by atoms with E-state index in [1.54, 1.807) is 10.9 Å². The summed E-state index contributed by atoms with van der Waals surface area (Å²) in [7, 11) is 1.32. The number of nitrogens with two attached hydrogens (primary N) is 2. The molecular formula is C17H24N6O2. The van der Waals surface area contributed by atoms with Gasteiger partial charge in [0.05, 0.1) is 13.3 Å². The molecule has 0 spiro atoms. The molecule has 0 radical (unpaired) electrons. The number of ether oxygens (including phenoxy) is 1. The Morgan fingerprint density at radius 1 is 1.48 bits per heavy atom. The lowest BCUT2D eigenvalue weighted by Gasteiger charge is -2.02. The number of allylic oxidation sites excluding steroid dienone is 1. The molecule has 0 atom stereocenters. The number of carbonyl (C=O) groups excluding carboxylic acids is 1. The van der Waals surface area contributed by atoms with Crippen molar-refractivity contribution in [3.8, 4) is 0 Å². The van der Waals surface area contributed by atoms with Gasteiger partial charge in [0, 0.05) is 23.5 Å². The number of anilines is 1. The van der Waals surface area contributed by atoms with E-state index in [1.807, 2.05) is 6.08 Å². The number of unbranched alkanes of at least 4 members (excludes halogenated alkanes) is 1. The van der Waals surface area contributed by atoms with Crippen LogP contribution in [0.4, 0.5) is 5.82 Å². The molecule has 5 N–H and O–H groups in total. The van der Waals surface area contributed by atoms with Crippen LogP contribution in [0.5, 0.6) is 0 Å². The van der Waals surface area contributed by atoms with E-state index in [0.29, 0.717) is 18.3 Å². The Labute approximate surface area is 146 Å². The van der Waals surface area contributed by atoms with Gasteiger partial charge in [-0.05, 0) is 50.2 Å². The van der Waals surface area contributed by atoms with Gasteiger partial charge in [0.25, 0.3) is 0 Å². The lowest BCUT2D eigenvalue weighted by atomic mass is 10.1. The summed E-state index contributed by atoms with van der Waals surface area (Å²) in [5.74, 6) is 0.846. The number of methoxy groups -OCH3 is 1. The van der Waals surface area contributed by atoms with E-state index >= 15 is 0 Å². The van der Waals surface area contributed by atoms with Crippen LogP contribution in [0, 0.1) is 0 Å². The quantitative estimate of drug-likeness (QED) is 0.497. The van der Waals surface area contributed by atoms with Gasteiger partial charge < -0.3 is 21.2 Å². The molecule has 8 nitrogen and oxygen atoms in total. The second-order valence-corrected chi connectivity index (χ2v) is 6.40. The van der Waals surface area contributed by atoms with Crippen LogP contribution < -0.4 is 11.5 Å². The minimum atomic E-state index is -0.479. The smallest absolute Gasteiger partial charge is 0.360 e. The molecule has 1 fully saturated rings. The van der Waals surface area contributed by atoms with Gasteiger partial charge in [-0.25, -0.2) is 4.79 Å². The maximum atomic E-state index is 11.3. The van der Waals surface area contributed by atoms with Gasteiger partial charge in [-0.2, -0.15) is 0 Å². The van der Waals surface area contributed by atoms with Crippen molar-refractivity contribution in [1.82, 2.24) is 20.0 Å². The molecule has 2 heterocycles. The zero-order valence-electron chi connectivity index (χ0n) is 14.4. The van der Waals surface area contributed by atoms with E-state index in [4.69, 9.17) is 11.5 Å². The first kappa shape index (κ1) is 17.1. The fourth-order valence-corrected chi connectivity index (χ4v) is 2.72. The summed E-state index contributed by atoms with van der Waals surface area (Å²) >= 11 is 0. The molecule has 2 aromatic heterocycles. The van der Waals surface area contributed by atoms with Crippen LogP contribution in [0.1, 0.15) is 59.8 Å². The maximum absolute atomic E-state index is 11.3. The van der Waals surface area contributed by atoms with Gasteiger partial charge in [0.15, 0.2) is 5.69 Å². The highest BCUT2D eigenvalue weighted by molar-refractivity contribution is 5.86. The fraction of sp³-hybridized carbons (Fsp3) is 0.471. The van der Waals surface area contributed by atoms with Gasteiger partial charge in [-0.3, -0.25) is 4.68 Å². The summed E-state index contributed by atoms with van der Waals surface area (Å²) in [6.07, 6.45) is 8.58. The molecule has 0 aromatic carbocycles. The molecule has 0 bridgehead atoms. The Hall–Kier alpha value is -2.77. The third-order valence-electron chi connectivity index (χ3n) is 4.29. The number of rotatable bonds is 8. The van der Waals surface area contributed by atoms with Crippen LogP contribution in [0.25, 0.3) is 6.08 Å². The Bertz CT molecular complexity index is 772. The number of nitrogens with one attached hydrogen (secondary N) is 1. The van der Waals surface area contributed by atoms with Crippen molar-refractivity contribution >= 4 is 17.9 Å². The van der Waals surface area contributed by atoms with Crippen LogP contribution >= 0.6 is 0 Å². The van der Waals surface area contributed by atoms with Crippen LogP contribution in [-0.4, -0.2) is 33.1 Å². The highest BCUT2D eigenvalue weighted by Crippen LogP contribution is 2.40. The number of hydrogen-bond acceptors (Lipinski definition) is 6. The normalized spacial score (nSPS) is 14.7. The maximum Gasteiger partial charge on any atom is 0.360 e. The minimum Gasteiger partial charge on any atom is -0.464 e. The topological polar surface area (TPSA) is 125 Å². The summed E-state index contributed by atoms with van der Waals surface area (Å²) in [4.78, 5) is 14.6. The first-order valence-corrected chi connectivity index (χ1v) is 8.49. The Morgan fingerprint density at radius 3 is 3.00 bits per heavy atom. The lowest BCUT2D eigenvalue weighted by Crippen LogP contribution is -2.02. The van der Waals surface area contributed by atoms with Crippen LogP contribution in [0.2, 0.25) is 0 Å². The fourth-order valence-electron chi connectivity index (χ4n) is 2.72. The number of nitrogen functional groups attached to an aromatic ring is 1. The second-order valence-electron chi connectivity index (χ2n) is 6.40. The molecule has 1 saturated carbocycles. The SMILES string of the molecule is COC(=O)c1cn(CCCC/C(N)=C/c2cc(C3CC3)[nH]c2N)nn1. The highest BCUT2D eigenvalue weighted by Gasteiger charge is 2.25. The van der Waals surface area contributed by atoms with Gasteiger partial charge in [-0.1, -0.05) is 5.21 Å². The predicted octanol–water partition coefficient (Wildman–Crippen LogP) is 2.02. The summed E-state index contributed by atoms with van der Waals surface area (Å²) in [6.45, 7) is 0.676. The van der Waals surface area contributed by atoms with Gasteiger partial charge >= 0.3 is 5.97 Å². The van der Waals surface area contributed by atoms with E-state index in [9.17, 15) is 4.79 Å². The number of hydrogen-bond donors (Lipinski definition) is 3. The third kappa shape index (κ3) is 4.40. The number of nitrogens with zero attached hydrogens (tertiary/aromatic N) is 3. The van der Waals surface area contributed by atoms with Gasteiger partial charge in [0.2, 0.25) is 0 Å². The molecule has 3 rings (SSSR count). The molecule has 0 amide bonds. The zero-order valence-corrected chi connectivity index (χ0v) is 14.4. The standard InChI is InChI=1S/C17H24N6O2/c1-25-17(24)15-10-23(22-21-15)7-3-2-4-13(18)8-12-9-14(11-5-6-11)20-16(12)19/h8-11,20H,2-7,18-19H2,1H3/b13-8-. The largest absolute Gasteiger partial charge is 0.464 e. The molecule has 1 aliphatic carbocycles. The van der Waals surface area contributed by atoms with E-state index < -0.39 is 5.97 Å². The van der Waals surface area contributed by atoms with Crippen molar-refractivity contribution in [3.05, 3.63) is 34.9 Å².